The molecular weight excluding hydrogens is 308 g/mol. The van der Waals surface area contributed by atoms with Crippen molar-refractivity contribution in [3.63, 3.8) is 0 Å². The zero-order valence-corrected chi connectivity index (χ0v) is 12.5. The highest BCUT2D eigenvalue weighted by Crippen LogP contribution is 2.28. The largest absolute Gasteiger partial charge is 0.493 e. The molecule has 114 valence electrons. The van der Waals surface area contributed by atoms with E-state index in [0.717, 1.165) is 0 Å². The van der Waals surface area contributed by atoms with Crippen LogP contribution in [0.15, 0.2) is 42.5 Å². The van der Waals surface area contributed by atoms with Crippen LogP contribution in [0.25, 0.3) is 0 Å². The van der Waals surface area contributed by atoms with Crippen molar-refractivity contribution < 1.29 is 14.5 Å². The topological polar surface area (TPSA) is 81.5 Å². The lowest BCUT2D eigenvalue weighted by molar-refractivity contribution is -0.384. The van der Waals surface area contributed by atoms with Crippen molar-refractivity contribution in [2.45, 2.75) is 6.92 Å². The second-order valence-electron chi connectivity index (χ2n) is 4.30. The molecule has 0 aromatic heterocycles. The fraction of sp³-hybridized carbons (Fsp3) is 0.133. The van der Waals surface area contributed by atoms with E-state index in [-0.39, 0.29) is 16.4 Å². The number of carbonyl (C=O) groups excluding carboxylic acids is 1. The molecule has 0 atom stereocenters. The predicted molar refractivity (Wildman–Crippen MR) is 83.7 cm³/mol. The number of hydrogen-bond donors (Lipinski definition) is 1. The first-order valence-corrected chi connectivity index (χ1v) is 6.88. The summed E-state index contributed by atoms with van der Waals surface area (Å²) in [6.07, 6.45) is 0. The van der Waals surface area contributed by atoms with Crippen molar-refractivity contribution in [1.82, 2.24) is 0 Å². The molecular formula is C15H13ClN2O4. The monoisotopic (exact) mass is 320 g/mol. The number of hydrogen-bond acceptors (Lipinski definition) is 4. The molecule has 0 aliphatic heterocycles. The molecule has 6 nitrogen and oxygen atoms in total. The number of para-hydroxylation sites is 1. The molecule has 0 saturated heterocycles. The third-order valence-corrected chi connectivity index (χ3v) is 3.17. The van der Waals surface area contributed by atoms with Gasteiger partial charge in [0.15, 0.2) is 0 Å². The van der Waals surface area contributed by atoms with Crippen LogP contribution in [0.3, 0.4) is 0 Å². The Bertz CT molecular complexity index is 718. The summed E-state index contributed by atoms with van der Waals surface area (Å²) in [5, 5.41) is 13.6. The van der Waals surface area contributed by atoms with Crippen molar-refractivity contribution in [2.24, 2.45) is 0 Å². The van der Waals surface area contributed by atoms with Gasteiger partial charge in [0.1, 0.15) is 5.75 Å². The highest BCUT2D eigenvalue weighted by Gasteiger charge is 2.16. The van der Waals surface area contributed by atoms with Gasteiger partial charge in [-0.15, -0.1) is 0 Å². The lowest BCUT2D eigenvalue weighted by atomic mass is 10.2. The number of nitrogens with zero attached hydrogens (tertiary/aromatic N) is 1. The van der Waals surface area contributed by atoms with Crippen LogP contribution in [0.1, 0.15) is 17.3 Å². The fourth-order valence-corrected chi connectivity index (χ4v) is 2.01. The quantitative estimate of drug-likeness (QED) is 0.669. The van der Waals surface area contributed by atoms with E-state index in [0.29, 0.717) is 17.9 Å². The van der Waals surface area contributed by atoms with Crippen LogP contribution < -0.4 is 10.1 Å². The zero-order chi connectivity index (χ0) is 16.1. The molecule has 0 heterocycles. The van der Waals surface area contributed by atoms with Gasteiger partial charge in [0.2, 0.25) is 0 Å². The Balaban J connectivity index is 2.29. The van der Waals surface area contributed by atoms with Crippen molar-refractivity contribution >= 4 is 28.9 Å². The van der Waals surface area contributed by atoms with Crippen LogP contribution >= 0.6 is 11.6 Å². The number of nitrogens with one attached hydrogen (secondary N) is 1. The molecule has 0 aliphatic carbocycles. The van der Waals surface area contributed by atoms with Crippen LogP contribution in [0.4, 0.5) is 11.4 Å². The summed E-state index contributed by atoms with van der Waals surface area (Å²) in [6.45, 7) is 2.23. The number of amides is 1. The van der Waals surface area contributed by atoms with Gasteiger partial charge < -0.3 is 10.1 Å². The average Bonchev–Trinajstić information content (AvgIpc) is 2.50. The van der Waals surface area contributed by atoms with E-state index in [1.165, 1.54) is 18.2 Å². The Hall–Kier alpha value is -2.60. The van der Waals surface area contributed by atoms with Crippen molar-refractivity contribution in [1.29, 1.82) is 0 Å². The summed E-state index contributed by atoms with van der Waals surface area (Å²) in [5.41, 5.74) is 0.344. The maximum Gasteiger partial charge on any atom is 0.271 e. The number of anilines is 1. The third kappa shape index (κ3) is 3.53. The Morgan fingerprint density at radius 3 is 2.73 bits per heavy atom. The molecule has 22 heavy (non-hydrogen) atoms. The number of nitro groups is 1. The fourth-order valence-electron chi connectivity index (χ4n) is 1.85. The van der Waals surface area contributed by atoms with E-state index in [4.69, 9.17) is 16.3 Å². The molecule has 1 amide bonds. The number of halogens is 1. The SMILES string of the molecule is CCOc1ccccc1C(=O)Nc1cc([N+](=O)[O-])ccc1Cl. The Morgan fingerprint density at radius 1 is 1.32 bits per heavy atom. The first kappa shape index (κ1) is 15.8. The minimum absolute atomic E-state index is 0.155. The Labute approximate surface area is 131 Å². The molecule has 2 aromatic carbocycles. The molecule has 0 aliphatic rings. The van der Waals surface area contributed by atoms with E-state index in [2.05, 4.69) is 5.32 Å². The maximum atomic E-state index is 12.3. The van der Waals surface area contributed by atoms with E-state index >= 15 is 0 Å². The van der Waals surface area contributed by atoms with Crippen molar-refractivity contribution in [3.8, 4) is 5.75 Å². The van der Waals surface area contributed by atoms with Crippen LogP contribution in [-0.4, -0.2) is 17.4 Å². The van der Waals surface area contributed by atoms with Gasteiger partial charge in [0, 0.05) is 12.1 Å². The van der Waals surface area contributed by atoms with E-state index in [1.54, 1.807) is 24.3 Å². The number of nitro benzene ring substituents is 1. The van der Waals surface area contributed by atoms with Crippen molar-refractivity contribution in [3.05, 3.63) is 63.2 Å². The second kappa shape index (κ2) is 6.91. The molecule has 2 rings (SSSR count). The van der Waals surface area contributed by atoms with Crippen LogP contribution in [0, 0.1) is 10.1 Å². The molecule has 0 radical (unpaired) electrons. The van der Waals surface area contributed by atoms with E-state index in [9.17, 15) is 14.9 Å². The van der Waals surface area contributed by atoms with Crippen LogP contribution in [-0.2, 0) is 0 Å². The van der Waals surface area contributed by atoms with Gasteiger partial charge in [-0.05, 0) is 25.1 Å². The Kier molecular flexibility index (Phi) is 4.95. The van der Waals surface area contributed by atoms with Crippen molar-refractivity contribution in [2.75, 3.05) is 11.9 Å². The number of non-ortho nitro benzene ring substituents is 1. The molecule has 0 fully saturated rings. The van der Waals surface area contributed by atoms with Crippen LogP contribution in [0.5, 0.6) is 5.75 Å². The highest BCUT2D eigenvalue weighted by molar-refractivity contribution is 6.34. The average molecular weight is 321 g/mol. The first-order valence-electron chi connectivity index (χ1n) is 6.50. The minimum Gasteiger partial charge on any atom is -0.493 e. The molecule has 0 unspecified atom stereocenters. The van der Waals surface area contributed by atoms with E-state index in [1.807, 2.05) is 6.92 Å². The maximum absolute atomic E-state index is 12.3. The number of rotatable bonds is 5. The van der Waals surface area contributed by atoms with Crippen LogP contribution in [0.2, 0.25) is 5.02 Å². The van der Waals surface area contributed by atoms with Gasteiger partial charge in [0.05, 0.1) is 27.8 Å². The predicted octanol–water partition coefficient (Wildman–Crippen LogP) is 3.90. The lowest BCUT2D eigenvalue weighted by Gasteiger charge is -2.11. The summed E-state index contributed by atoms with van der Waals surface area (Å²) in [6, 6.07) is 10.6. The summed E-state index contributed by atoms with van der Waals surface area (Å²) in [5.74, 6) is -0.0181. The smallest absolute Gasteiger partial charge is 0.271 e. The highest BCUT2D eigenvalue weighted by atomic mass is 35.5. The number of ether oxygens (including phenoxy) is 1. The molecule has 0 bridgehead atoms. The molecule has 1 N–H and O–H groups in total. The van der Waals surface area contributed by atoms with Gasteiger partial charge in [0.25, 0.3) is 11.6 Å². The van der Waals surface area contributed by atoms with Gasteiger partial charge in [-0.25, -0.2) is 0 Å². The normalized spacial score (nSPS) is 10.1. The minimum atomic E-state index is -0.555. The van der Waals surface area contributed by atoms with Gasteiger partial charge in [-0.2, -0.15) is 0 Å². The van der Waals surface area contributed by atoms with E-state index < -0.39 is 10.8 Å². The second-order valence-corrected chi connectivity index (χ2v) is 4.71. The third-order valence-electron chi connectivity index (χ3n) is 2.84. The summed E-state index contributed by atoms with van der Waals surface area (Å²) in [7, 11) is 0. The van der Waals surface area contributed by atoms with Gasteiger partial charge in [-0.1, -0.05) is 23.7 Å². The lowest BCUT2D eigenvalue weighted by Crippen LogP contribution is -2.14. The molecule has 2 aromatic rings. The van der Waals surface area contributed by atoms with Gasteiger partial charge >= 0.3 is 0 Å². The number of benzene rings is 2. The summed E-state index contributed by atoms with van der Waals surface area (Å²) >= 11 is 5.96. The summed E-state index contributed by atoms with van der Waals surface area (Å²) in [4.78, 5) is 22.6. The van der Waals surface area contributed by atoms with Gasteiger partial charge in [-0.3, -0.25) is 14.9 Å². The number of carbonyl (C=O) groups is 1. The first-order chi connectivity index (χ1) is 10.5. The zero-order valence-electron chi connectivity index (χ0n) is 11.7. The molecule has 7 heteroatoms. The summed E-state index contributed by atoms with van der Waals surface area (Å²) < 4.78 is 5.39. The standard InChI is InChI=1S/C15H13ClN2O4/c1-2-22-14-6-4-3-5-11(14)15(19)17-13-9-10(18(20)21)7-8-12(13)16/h3-9H,2H2,1H3,(H,17,19). The Morgan fingerprint density at radius 2 is 2.05 bits per heavy atom. The molecule has 0 saturated carbocycles. The molecule has 0 spiro atoms.